The van der Waals surface area contributed by atoms with Gasteiger partial charge >= 0.3 is 5.97 Å². The minimum Gasteiger partial charge on any atom is -0.493 e. The first kappa shape index (κ1) is 16.1. The predicted molar refractivity (Wildman–Crippen MR) is 84.9 cm³/mol. The lowest BCUT2D eigenvalue weighted by Crippen LogP contribution is -2.03. The molecule has 0 saturated heterocycles. The van der Waals surface area contributed by atoms with E-state index in [4.69, 9.17) is 14.6 Å². The average Bonchev–Trinajstić information content (AvgIpc) is 2.93. The molecule has 7 heteroatoms. The zero-order valence-electron chi connectivity index (χ0n) is 12.5. The molecule has 22 heavy (non-hydrogen) atoms. The Bertz CT molecular complexity index is 642. The summed E-state index contributed by atoms with van der Waals surface area (Å²) < 4.78 is 10.8. The van der Waals surface area contributed by atoms with E-state index in [1.807, 2.05) is 25.1 Å². The van der Waals surface area contributed by atoms with Crippen LogP contribution in [0.3, 0.4) is 0 Å². The number of nitrogens with one attached hydrogen (secondary N) is 1. The molecule has 0 saturated carbocycles. The Balaban J connectivity index is 1.99. The molecular formula is C15H18N2O4S. The van der Waals surface area contributed by atoms with Crippen molar-refractivity contribution in [3.05, 3.63) is 34.8 Å². The first-order valence-electron chi connectivity index (χ1n) is 6.82. The van der Waals surface area contributed by atoms with Crippen LogP contribution in [0.5, 0.6) is 11.5 Å². The zero-order chi connectivity index (χ0) is 15.9. The molecule has 2 rings (SSSR count). The molecule has 0 atom stereocenters. The van der Waals surface area contributed by atoms with Gasteiger partial charge in [0, 0.05) is 11.9 Å². The predicted octanol–water partition coefficient (Wildman–Crippen LogP) is 2.79. The van der Waals surface area contributed by atoms with E-state index in [1.165, 1.54) is 11.3 Å². The number of carboxylic acid groups (broad SMARTS) is 1. The van der Waals surface area contributed by atoms with Gasteiger partial charge in [0.15, 0.2) is 16.6 Å². The summed E-state index contributed by atoms with van der Waals surface area (Å²) in [6.45, 7) is 3.08. The molecule has 118 valence electrons. The summed E-state index contributed by atoms with van der Waals surface area (Å²) in [5.41, 5.74) is 1.58. The summed E-state index contributed by atoms with van der Waals surface area (Å²) in [5, 5.41) is 14.3. The topological polar surface area (TPSA) is 80.7 Å². The fraction of sp³-hybridized carbons (Fsp3) is 0.333. The molecule has 2 N–H and O–H groups in total. The molecule has 0 fully saturated rings. The van der Waals surface area contributed by atoms with Crippen LogP contribution in [-0.4, -0.2) is 29.8 Å². The quantitative estimate of drug-likeness (QED) is 0.778. The van der Waals surface area contributed by atoms with Crippen molar-refractivity contribution in [1.82, 2.24) is 4.98 Å². The Morgan fingerprint density at radius 3 is 2.91 bits per heavy atom. The van der Waals surface area contributed by atoms with Gasteiger partial charge in [0.1, 0.15) is 0 Å². The van der Waals surface area contributed by atoms with Crippen LogP contribution in [0, 0.1) is 0 Å². The summed E-state index contributed by atoms with van der Waals surface area (Å²) in [7, 11) is 1.61. The van der Waals surface area contributed by atoms with E-state index in [9.17, 15) is 4.79 Å². The maximum atomic E-state index is 10.6. The van der Waals surface area contributed by atoms with E-state index in [1.54, 1.807) is 12.5 Å². The van der Waals surface area contributed by atoms with Crippen molar-refractivity contribution in [2.75, 3.05) is 19.0 Å². The lowest BCUT2D eigenvalue weighted by molar-refractivity contribution is -0.136. The number of nitrogens with zero attached hydrogens (tertiary/aromatic N) is 1. The number of hydrogen-bond acceptors (Lipinski definition) is 6. The maximum Gasteiger partial charge on any atom is 0.309 e. The first-order chi connectivity index (χ1) is 10.6. The number of rotatable bonds is 8. The summed E-state index contributed by atoms with van der Waals surface area (Å²) in [5.74, 6) is 0.520. The molecule has 0 aliphatic heterocycles. The van der Waals surface area contributed by atoms with Gasteiger partial charge in [-0.15, -0.1) is 11.3 Å². The molecule has 0 radical (unpaired) electrons. The van der Waals surface area contributed by atoms with Crippen LogP contribution in [0.25, 0.3) is 0 Å². The maximum absolute atomic E-state index is 10.6. The minimum atomic E-state index is -0.881. The van der Waals surface area contributed by atoms with Crippen molar-refractivity contribution in [2.45, 2.75) is 19.9 Å². The smallest absolute Gasteiger partial charge is 0.309 e. The molecule has 0 bridgehead atoms. The molecule has 1 aromatic heterocycles. The monoisotopic (exact) mass is 322 g/mol. The highest BCUT2D eigenvalue weighted by molar-refractivity contribution is 7.13. The molecule has 1 heterocycles. The van der Waals surface area contributed by atoms with Crippen molar-refractivity contribution in [1.29, 1.82) is 0 Å². The Hall–Kier alpha value is -2.28. The van der Waals surface area contributed by atoms with E-state index >= 15 is 0 Å². The molecule has 0 spiro atoms. The van der Waals surface area contributed by atoms with Gasteiger partial charge in [0.05, 0.1) is 25.8 Å². The van der Waals surface area contributed by atoms with Gasteiger partial charge in [-0.25, -0.2) is 4.98 Å². The van der Waals surface area contributed by atoms with Crippen LogP contribution in [0.2, 0.25) is 0 Å². The van der Waals surface area contributed by atoms with Gasteiger partial charge in [0.25, 0.3) is 0 Å². The number of ether oxygens (including phenoxy) is 2. The van der Waals surface area contributed by atoms with Crippen LogP contribution in [0.1, 0.15) is 18.2 Å². The highest BCUT2D eigenvalue weighted by Crippen LogP contribution is 2.28. The van der Waals surface area contributed by atoms with E-state index in [0.29, 0.717) is 35.5 Å². The highest BCUT2D eigenvalue weighted by atomic mass is 32.1. The summed E-state index contributed by atoms with van der Waals surface area (Å²) >= 11 is 1.39. The van der Waals surface area contributed by atoms with Crippen LogP contribution < -0.4 is 14.8 Å². The number of carbonyl (C=O) groups is 1. The number of methoxy groups -OCH3 is 1. The van der Waals surface area contributed by atoms with Gasteiger partial charge in [-0.3, -0.25) is 4.79 Å². The molecule has 6 nitrogen and oxygen atoms in total. The second kappa shape index (κ2) is 7.65. The number of anilines is 1. The number of thiazole rings is 1. The second-order valence-corrected chi connectivity index (χ2v) is 5.34. The Labute approximate surface area is 132 Å². The van der Waals surface area contributed by atoms with Gasteiger partial charge in [-0.2, -0.15) is 0 Å². The molecule has 0 aliphatic carbocycles. The standard InChI is InChI=1S/C15H18N2O4S/c1-3-21-12-5-4-10(6-13(12)20-2)8-16-15-17-11(9-22-15)7-14(18)19/h4-6,9H,3,7-8H2,1-2H3,(H,16,17)(H,18,19). The van der Waals surface area contributed by atoms with Crippen LogP contribution in [0.4, 0.5) is 5.13 Å². The third kappa shape index (κ3) is 4.36. The van der Waals surface area contributed by atoms with Crippen molar-refractivity contribution in [3.8, 4) is 11.5 Å². The molecule has 0 amide bonds. The molecular weight excluding hydrogens is 304 g/mol. The Morgan fingerprint density at radius 2 is 2.23 bits per heavy atom. The molecule has 0 unspecified atom stereocenters. The minimum absolute atomic E-state index is 0.0605. The number of aliphatic carboxylic acids is 1. The van der Waals surface area contributed by atoms with Gasteiger partial charge in [-0.05, 0) is 24.6 Å². The van der Waals surface area contributed by atoms with Crippen LogP contribution in [-0.2, 0) is 17.8 Å². The third-order valence-electron chi connectivity index (χ3n) is 2.86. The van der Waals surface area contributed by atoms with Crippen LogP contribution in [0.15, 0.2) is 23.6 Å². The van der Waals surface area contributed by atoms with Crippen molar-refractivity contribution in [2.24, 2.45) is 0 Å². The molecule has 1 aromatic carbocycles. The lowest BCUT2D eigenvalue weighted by atomic mass is 10.2. The third-order valence-corrected chi connectivity index (χ3v) is 3.70. The number of benzene rings is 1. The number of aromatic nitrogens is 1. The number of hydrogen-bond donors (Lipinski definition) is 2. The zero-order valence-corrected chi connectivity index (χ0v) is 13.3. The van der Waals surface area contributed by atoms with Gasteiger partial charge in [-0.1, -0.05) is 6.07 Å². The molecule has 0 aliphatic rings. The second-order valence-electron chi connectivity index (χ2n) is 4.49. The SMILES string of the molecule is CCOc1ccc(CNc2nc(CC(=O)O)cs2)cc1OC. The molecule has 2 aromatic rings. The van der Waals surface area contributed by atoms with Crippen molar-refractivity contribution < 1.29 is 19.4 Å². The fourth-order valence-corrected chi connectivity index (χ4v) is 2.61. The Kier molecular flexibility index (Phi) is 5.60. The van der Waals surface area contributed by atoms with Crippen LogP contribution >= 0.6 is 11.3 Å². The van der Waals surface area contributed by atoms with E-state index in [0.717, 1.165) is 5.56 Å². The van der Waals surface area contributed by atoms with E-state index < -0.39 is 5.97 Å². The van der Waals surface area contributed by atoms with Crippen molar-refractivity contribution in [3.63, 3.8) is 0 Å². The van der Waals surface area contributed by atoms with Gasteiger partial charge in [0.2, 0.25) is 0 Å². The highest BCUT2D eigenvalue weighted by Gasteiger charge is 2.08. The fourth-order valence-electron chi connectivity index (χ4n) is 1.90. The average molecular weight is 322 g/mol. The Morgan fingerprint density at radius 1 is 1.41 bits per heavy atom. The van der Waals surface area contributed by atoms with Gasteiger partial charge < -0.3 is 19.9 Å². The summed E-state index contributed by atoms with van der Waals surface area (Å²) in [6.07, 6.45) is -0.0605. The largest absolute Gasteiger partial charge is 0.493 e. The summed E-state index contributed by atoms with van der Waals surface area (Å²) in [6, 6.07) is 5.73. The number of carboxylic acids is 1. The van der Waals surface area contributed by atoms with E-state index in [-0.39, 0.29) is 6.42 Å². The summed E-state index contributed by atoms with van der Waals surface area (Å²) in [4.78, 5) is 14.9. The normalized spacial score (nSPS) is 10.3. The lowest BCUT2D eigenvalue weighted by Gasteiger charge is -2.11. The first-order valence-corrected chi connectivity index (χ1v) is 7.70. The van der Waals surface area contributed by atoms with Crippen molar-refractivity contribution >= 4 is 22.4 Å². The van der Waals surface area contributed by atoms with E-state index in [2.05, 4.69) is 10.3 Å².